The fourth-order valence-electron chi connectivity index (χ4n) is 2.14. The van der Waals surface area contributed by atoms with E-state index in [4.69, 9.17) is 16.3 Å². The molecule has 0 aromatic heterocycles. The van der Waals surface area contributed by atoms with Gasteiger partial charge < -0.3 is 10.1 Å². The average Bonchev–Trinajstić information content (AvgIpc) is 2.40. The van der Waals surface area contributed by atoms with E-state index in [0.29, 0.717) is 12.0 Å². The van der Waals surface area contributed by atoms with Gasteiger partial charge >= 0.3 is 0 Å². The summed E-state index contributed by atoms with van der Waals surface area (Å²) < 4.78 is 6.47. The number of rotatable bonds is 8. The molecular formula is C15H23ClINO. The molecule has 0 heterocycles. The molecule has 19 heavy (non-hydrogen) atoms. The molecule has 0 aliphatic heterocycles. The third-order valence-corrected chi connectivity index (χ3v) is 4.47. The first-order valence-electron chi connectivity index (χ1n) is 6.77. The van der Waals surface area contributed by atoms with Crippen LogP contribution in [0.4, 0.5) is 0 Å². The van der Waals surface area contributed by atoms with E-state index in [-0.39, 0.29) is 0 Å². The second kappa shape index (κ2) is 9.16. The number of hydrogen-bond acceptors (Lipinski definition) is 2. The summed E-state index contributed by atoms with van der Waals surface area (Å²) in [5.74, 6) is 0.512. The lowest BCUT2D eigenvalue weighted by Crippen LogP contribution is -2.29. The molecule has 0 fully saturated rings. The smallest absolute Gasteiger partial charge is 0.0465 e. The molecule has 0 aliphatic rings. The minimum absolute atomic E-state index is 0.334. The van der Waals surface area contributed by atoms with E-state index in [0.717, 1.165) is 31.0 Å². The maximum absolute atomic E-state index is 6.15. The predicted molar refractivity (Wildman–Crippen MR) is 90.9 cm³/mol. The van der Waals surface area contributed by atoms with Gasteiger partial charge in [-0.25, -0.2) is 0 Å². The summed E-state index contributed by atoms with van der Waals surface area (Å²) in [5.41, 5.74) is 1.30. The Morgan fingerprint density at radius 2 is 2.16 bits per heavy atom. The molecule has 0 saturated carbocycles. The molecular weight excluding hydrogens is 373 g/mol. The van der Waals surface area contributed by atoms with Crippen LogP contribution in [0.25, 0.3) is 0 Å². The van der Waals surface area contributed by atoms with E-state index in [2.05, 4.69) is 53.9 Å². The number of methoxy groups -OCH3 is 1. The summed E-state index contributed by atoms with van der Waals surface area (Å²) in [6.07, 6.45) is 2.17. The van der Waals surface area contributed by atoms with Gasteiger partial charge in [0.1, 0.15) is 0 Å². The van der Waals surface area contributed by atoms with Crippen molar-refractivity contribution in [2.24, 2.45) is 5.92 Å². The lowest BCUT2D eigenvalue weighted by Gasteiger charge is -2.27. The summed E-state index contributed by atoms with van der Waals surface area (Å²) >= 11 is 8.53. The molecule has 2 nitrogen and oxygen atoms in total. The Labute approximate surface area is 135 Å². The second-order valence-electron chi connectivity index (χ2n) is 4.86. The fourth-order valence-corrected chi connectivity index (χ4v) is 2.99. The Morgan fingerprint density at radius 1 is 1.42 bits per heavy atom. The van der Waals surface area contributed by atoms with E-state index < -0.39 is 0 Å². The molecule has 1 aromatic carbocycles. The second-order valence-corrected chi connectivity index (χ2v) is 6.46. The molecule has 2 unspecified atom stereocenters. The normalized spacial score (nSPS) is 14.4. The van der Waals surface area contributed by atoms with Gasteiger partial charge in [-0.15, -0.1) is 0 Å². The summed E-state index contributed by atoms with van der Waals surface area (Å²) in [4.78, 5) is 0. The highest BCUT2D eigenvalue weighted by molar-refractivity contribution is 14.1. The summed E-state index contributed by atoms with van der Waals surface area (Å²) in [5, 5.41) is 4.45. The van der Waals surface area contributed by atoms with Gasteiger partial charge in [0.05, 0.1) is 0 Å². The molecule has 0 amide bonds. The van der Waals surface area contributed by atoms with Gasteiger partial charge in [0.2, 0.25) is 0 Å². The molecule has 2 atom stereocenters. The minimum atomic E-state index is 0.334. The van der Waals surface area contributed by atoms with E-state index in [9.17, 15) is 0 Å². The highest BCUT2D eigenvalue weighted by Gasteiger charge is 2.20. The van der Waals surface area contributed by atoms with Gasteiger partial charge in [-0.3, -0.25) is 0 Å². The van der Waals surface area contributed by atoms with Crippen molar-refractivity contribution >= 4 is 34.2 Å². The third-order valence-electron chi connectivity index (χ3n) is 3.25. The molecule has 1 N–H and O–H groups in total. The summed E-state index contributed by atoms with van der Waals surface area (Å²) in [6, 6.07) is 6.45. The largest absolute Gasteiger partial charge is 0.385 e. The zero-order valence-corrected chi connectivity index (χ0v) is 14.8. The van der Waals surface area contributed by atoms with Crippen LogP contribution in [0.2, 0.25) is 5.02 Å². The van der Waals surface area contributed by atoms with Crippen LogP contribution in [0.15, 0.2) is 18.2 Å². The topological polar surface area (TPSA) is 21.3 Å². The van der Waals surface area contributed by atoms with E-state index in [1.807, 2.05) is 6.07 Å². The monoisotopic (exact) mass is 395 g/mol. The van der Waals surface area contributed by atoms with Gasteiger partial charge in [0, 0.05) is 28.4 Å². The summed E-state index contributed by atoms with van der Waals surface area (Å²) in [6.45, 7) is 6.27. The van der Waals surface area contributed by atoms with Crippen molar-refractivity contribution in [3.63, 3.8) is 0 Å². The van der Waals surface area contributed by atoms with Crippen molar-refractivity contribution in [3.8, 4) is 0 Å². The lowest BCUT2D eigenvalue weighted by atomic mass is 9.92. The van der Waals surface area contributed by atoms with Crippen molar-refractivity contribution in [2.45, 2.75) is 32.7 Å². The SMILES string of the molecule is CCCNC(c1cc(Cl)ccc1I)C(C)CCOC. The van der Waals surface area contributed by atoms with Gasteiger partial charge in [0.15, 0.2) is 0 Å². The Bertz CT molecular complexity index is 386. The quantitative estimate of drug-likeness (QED) is 0.647. The van der Waals surface area contributed by atoms with Crippen LogP contribution in [0.5, 0.6) is 0 Å². The van der Waals surface area contributed by atoms with Gasteiger partial charge in [-0.05, 0) is 71.7 Å². The first kappa shape index (κ1) is 17.2. The molecule has 0 spiro atoms. The van der Waals surface area contributed by atoms with Crippen LogP contribution in [-0.4, -0.2) is 20.3 Å². The summed E-state index contributed by atoms with van der Waals surface area (Å²) in [7, 11) is 1.75. The fraction of sp³-hybridized carbons (Fsp3) is 0.600. The molecule has 0 aliphatic carbocycles. The van der Waals surface area contributed by atoms with Crippen molar-refractivity contribution < 1.29 is 4.74 Å². The van der Waals surface area contributed by atoms with Crippen molar-refractivity contribution in [1.82, 2.24) is 5.32 Å². The molecule has 0 bridgehead atoms. The van der Waals surface area contributed by atoms with Crippen LogP contribution in [0.1, 0.15) is 38.3 Å². The zero-order valence-electron chi connectivity index (χ0n) is 11.9. The molecule has 4 heteroatoms. The van der Waals surface area contributed by atoms with Crippen LogP contribution in [0, 0.1) is 9.49 Å². The van der Waals surface area contributed by atoms with E-state index in [1.165, 1.54) is 9.13 Å². The molecule has 108 valence electrons. The van der Waals surface area contributed by atoms with Crippen LogP contribution < -0.4 is 5.32 Å². The standard InChI is InChI=1S/C15H23ClINO/c1-4-8-18-15(11(2)7-9-19-3)13-10-12(16)5-6-14(13)17/h5-6,10-11,15,18H,4,7-9H2,1-3H3. The average molecular weight is 396 g/mol. The molecule has 0 saturated heterocycles. The van der Waals surface area contributed by atoms with E-state index >= 15 is 0 Å². The first-order valence-corrected chi connectivity index (χ1v) is 8.23. The Balaban J connectivity index is 2.91. The molecule has 1 rings (SSSR count). The van der Waals surface area contributed by atoms with Gasteiger partial charge in [-0.2, -0.15) is 0 Å². The van der Waals surface area contributed by atoms with Gasteiger partial charge in [0.25, 0.3) is 0 Å². The van der Waals surface area contributed by atoms with Crippen molar-refractivity contribution in [3.05, 3.63) is 32.4 Å². The zero-order chi connectivity index (χ0) is 14.3. The predicted octanol–water partition coefficient (Wildman–Crippen LogP) is 4.66. The number of hydrogen-bond donors (Lipinski definition) is 1. The van der Waals surface area contributed by atoms with Crippen LogP contribution >= 0.6 is 34.2 Å². The molecule has 0 radical (unpaired) electrons. The highest BCUT2D eigenvalue weighted by atomic mass is 127. The van der Waals surface area contributed by atoms with Crippen LogP contribution in [0.3, 0.4) is 0 Å². The maximum atomic E-state index is 6.15. The molecule has 1 aromatic rings. The van der Waals surface area contributed by atoms with Crippen molar-refractivity contribution in [1.29, 1.82) is 0 Å². The Morgan fingerprint density at radius 3 is 2.79 bits per heavy atom. The number of nitrogens with one attached hydrogen (secondary N) is 1. The third kappa shape index (κ3) is 5.58. The first-order chi connectivity index (χ1) is 9.10. The number of benzene rings is 1. The Hall–Kier alpha value is 0.160. The highest BCUT2D eigenvalue weighted by Crippen LogP contribution is 2.30. The van der Waals surface area contributed by atoms with Crippen molar-refractivity contribution in [2.75, 3.05) is 20.3 Å². The maximum Gasteiger partial charge on any atom is 0.0465 e. The van der Waals surface area contributed by atoms with Gasteiger partial charge in [-0.1, -0.05) is 25.4 Å². The number of halogens is 2. The Kier molecular flexibility index (Phi) is 8.30. The number of ether oxygens (including phenoxy) is 1. The lowest BCUT2D eigenvalue weighted by molar-refractivity contribution is 0.170. The van der Waals surface area contributed by atoms with Crippen LogP contribution in [-0.2, 0) is 4.74 Å². The minimum Gasteiger partial charge on any atom is -0.385 e. The van der Waals surface area contributed by atoms with E-state index in [1.54, 1.807) is 7.11 Å².